The summed E-state index contributed by atoms with van der Waals surface area (Å²) >= 11 is 0. The first-order chi connectivity index (χ1) is 9.56. The number of nitrogens with zero attached hydrogens (tertiary/aromatic N) is 4. The average Bonchev–Trinajstić information content (AvgIpc) is 2.96. The number of fused-ring (bicyclic) bond motifs is 1. The predicted molar refractivity (Wildman–Crippen MR) is 78.5 cm³/mol. The van der Waals surface area contributed by atoms with E-state index in [0.717, 1.165) is 31.6 Å². The molecule has 0 saturated carbocycles. The van der Waals surface area contributed by atoms with Gasteiger partial charge in [-0.1, -0.05) is 13.8 Å². The first-order valence-corrected chi connectivity index (χ1v) is 7.61. The van der Waals surface area contributed by atoms with Crippen molar-refractivity contribution in [2.45, 2.75) is 45.2 Å². The van der Waals surface area contributed by atoms with Crippen molar-refractivity contribution in [1.82, 2.24) is 14.7 Å². The number of amides is 1. The zero-order valence-electron chi connectivity index (χ0n) is 12.6. The quantitative estimate of drug-likeness (QED) is 0.843. The number of piperidine rings is 1. The largest absolute Gasteiger partial charge is 0.305 e. The molecule has 1 aromatic rings. The molecule has 5 nitrogen and oxygen atoms in total. The van der Waals surface area contributed by atoms with E-state index in [4.69, 9.17) is 0 Å². The Balaban J connectivity index is 1.82. The van der Waals surface area contributed by atoms with Gasteiger partial charge in [0, 0.05) is 38.8 Å². The van der Waals surface area contributed by atoms with Gasteiger partial charge in [0.15, 0.2) is 0 Å². The van der Waals surface area contributed by atoms with Crippen molar-refractivity contribution in [2.24, 2.45) is 13.0 Å². The maximum absolute atomic E-state index is 12.3. The fourth-order valence-corrected chi connectivity index (χ4v) is 3.72. The second-order valence-electron chi connectivity index (χ2n) is 6.49. The molecular weight excluding hydrogens is 252 g/mol. The second-order valence-corrected chi connectivity index (χ2v) is 6.49. The van der Waals surface area contributed by atoms with Crippen LogP contribution in [0.2, 0.25) is 0 Å². The van der Waals surface area contributed by atoms with Crippen LogP contribution >= 0.6 is 0 Å². The van der Waals surface area contributed by atoms with E-state index < -0.39 is 0 Å². The molecular formula is C15H24N4O. The van der Waals surface area contributed by atoms with Crippen LogP contribution in [0.3, 0.4) is 0 Å². The molecule has 110 valence electrons. The number of aryl methyl sites for hydroxylation is 1. The Morgan fingerprint density at radius 1 is 1.35 bits per heavy atom. The van der Waals surface area contributed by atoms with Crippen LogP contribution in [0.4, 0.5) is 5.69 Å². The van der Waals surface area contributed by atoms with Crippen LogP contribution in [-0.4, -0.2) is 45.8 Å². The molecule has 0 spiro atoms. The number of carbonyl (C=O) groups excluding carboxylic acids is 1. The van der Waals surface area contributed by atoms with Gasteiger partial charge in [0.2, 0.25) is 5.91 Å². The number of anilines is 1. The highest BCUT2D eigenvalue weighted by molar-refractivity contribution is 5.94. The molecule has 1 aromatic heterocycles. The van der Waals surface area contributed by atoms with E-state index in [0.29, 0.717) is 24.4 Å². The Hall–Kier alpha value is -1.36. The molecule has 2 aliphatic heterocycles. The van der Waals surface area contributed by atoms with Crippen LogP contribution < -0.4 is 4.90 Å². The molecule has 5 heteroatoms. The van der Waals surface area contributed by atoms with Crippen LogP contribution in [0.25, 0.3) is 0 Å². The third-order valence-electron chi connectivity index (χ3n) is 4.45. The van der Waals surface area contributed by atoms with Crippen LogP contribution in [0, 0.1) is 5.92 Å². The van der Waals surface area contributed by atoms with Crippen molar-refractivity contribution in [2.75, 3.05) is 18.0 Å². The van der Waals surface area contributed by atoms with Crippen LogP contribution in [-0.2, 0) is 11.8 Å². The summed E-state index contributed by atoms with van der Waals surface area (Å²) in [5, 5.41) is 4.22. The lowest BCUT2D eigenvalue weighted by atomic mass is 9.95. The minimum atomic E-state index is 0.255. The van der Waals surface area contributed by atoms with Gasteiger partial charge < -0.3 is 4.90 Å². The third kappa shape index (κ3) is 2.35. The summed E-state index contributed by atoms with van der Waals surface area (Å²) in [4.78, 5) is 16.9. The molecule has 0 aliphatic carbocycles. The van der Waals surface area contributed by atoms with E-state index >= 15 is 0 Å². The fraction of sp³-hybridized carbons (Fsp3) is 0.733. The predicted octanol–water partition coefficient (Wildman–Crippen LogP) is 1.65. The molecule has 0 aromatic carbocycles. The van der Waals surface area contributed by atoms with Gasteiger partial charge in [0.05, 0.1) is 17.9 Å². The maximum atomic E-state index is 12.3. The molecule has 0 unspecified atom stereocenters. The first-order valence-electron chi connectivity index (χ1n) is 7.61. The highest BCUT2D eigenvalue weighted by Gasteiger charge is 2.43. The normalized spacial score (nSPS) is 27.4. The van der Waals surface area contributed by atoms with Crippen molar-refractivity contribution in [1.29, 1.82) is 0 Å². The number of rotatable bonds is 3. The highest BCUT2D eigenvalue weighted by atomic mass is 16.2. The van der Waals surface area contributed by atoms with E-state index in [1.165, 1.54) is 0 Å². The zero-order chi connectivity index (χ0) is 14.3. The molecule has 0 bridgehead atoms. The topological polar surface area (TPSA) is 41.4 Å². The lowest BCUT2D eigenvalue weighted by Gasteiger charge is -2.39. The Morgan fingerprint density at radius 3 is 2.80 bits per heavy atom. The Labute approximate surface area is 120 Å². The Morgan fingerprint density at radius 2 is 2.15 bits per heavy atom. The summed E-state index contributed by atoms with van der Waals surface area (Å²) in [5.74, 6) is 0.934. The zero-order valence-corrected chi connectivity index (χ0v) is 12.6. The van der Waals surface area contributed by atoms with E-state index in [9.17, 15) is 4.79 Å². The molecule has 1 amide bonds. The van der Waals surface area contributed by atoms with E-state index in [1.807, 2.05) is 24.3 Å². The molecule has 20 heavy (non-hydrogen) atoms. The van der Waals surface area contributed by atoms with Gasteiger partial charge in [-0.15, -0.1) is 0 Å². The standard InChI is InChI=1S/C15H24N4O/c1-11(2)9-18-7-6-14-13(18)4-5-15(20)19(14)12-8-16-17(3)10-12/h8,10-11,13-14H,4-7,9H2,1-3H3/t13-,14-/m1/s1. The number of hydrogen-bond acceptors (Lipinski definition) is 3. The molecule has 0 radical (unpaired) electrons. The monoisotopic (exact) mass is 276 g/mol. The third-order valence-corrected chi connectivity index (χ3v) is 4.45. The van der Waals surface area contributed by atoms with E-state index in [2.05, 4.69) is 23.8 Å². The molecule has 3 heterocycles. The minimum Gasteiger partial charge on any atom is -0.305 e. The molecule has 3 rings (SSSR count). The second kappa shape index (κ2) is 5.20. The van der Waals surface area contributed by atoms with Crippen LogP contribution in [0.1, 0.15) is 33.1 Å². The lowest BCUT2D eigenvalue weighted by molar-refractivity contribution is -0.120. The van der Waals surface area contributed by atoms with Crippen molar-refractivity contribution < 1.29 is 4.79 Å². The van der Waals surface area contributed by atoms with E-state index in [-0.39, 0.29) is 5.91 Å². The lowest BCUT2D eigenvalue weighted by Crippen LogP contribution is -2.52. The van der Waals surface area contributed by atoms with Crippen LogP contribution in [0.5, 0.6) is 0 Å². The van der Waals surface area contributed by atoms with Gasteiger partial charge >= 0.3 is 0 Å². The molecule has 2 fully saturated rings. The Kier molecular flexibility index (Phi) is 3.54. The molecule has 2 aliphatic rings. The van der Waals surface area contributed by atoms with Gasteiger partial charge in [0.25, 0.3) is 0 Å². The summed E-state index contributed by atoms with van der Waals surface area (Å²) in [6, 6.07) is 0.856. The summed E-state index contributed by atoms with van der Waals surface area (Å²) in [6.07, 6.45) is 6.51. The van der Waals surface area contributed by atoms with Gasteiger partial charge in [0.1, 0.15) is 0 Å². The van der Waals surface area contributed by atoms with Crippen LogP contribution in [0.15, 0.2) is 12.4 Å². The summed E-state index contributed by atoms with van der Waals surface area (Å²) in [5.41, 5.74) is 0.957. The fourth-order valence-electron chi connectivity index (χ4n) is 3.72. The Bertz CT molecular complexity index is 496. The summed E-state index contributed by atoms with van der Waals surface area (Å²) in [7, 11) is 1.90. The van der Waals surface area contributed by atoms with Crippen molar-refractivity contribution in [3.8, 4) is 0 Å². The maximum Gasteiger partial charge on any atom is 0.227 e. The van der Waals surface area contributed by atoms with Gasteiger partial charge in [-0.2, -0.15) is 5.10 Å². The van der Waals surface area contributed by atoms with E-state index in [1.54, 1.807) is 4.68 Å². The molecule has 0 N–H and O–H groups in total. The molecule has 2 atom stereocenters. The van der Waals surface area contributed by atoms with Crippen molar-refractivity contribution in [3.05, 3.63) is 12.4 Å². The smallest absolute Gasteiger partial charge is 0.227 e. The number of carbonyl (C=O) groups is 1. The van der Waals surface area contributed by atoms with Gasteiger partial charge in [-0.25, -0.2) is 0 Å². The number of hydrogen-bond donors (Lipinski definition) is 0. The van der Waals surface area contributed by atoms with Crippen molar-refractivity contribution in [3.63, 3.8) is 0 Å². The van der Waals surface area contributed by atoms with Gasteiger partial charge in [-0.05, 0) is 18.8 Å². The van der Waals surface area contributed by atoms with Gasteiger partial charge in [-0.3, -0.25) is 14.4 Å². The first kappa shape index (κ1) is 13.6. The minimum absolute atomic E-state index is 0.255. The molecule has 2 saturated heterocycles. The average molecular weight is 276 g/mol. The summed E-state index contributed by atoms with van der Waals surface area (Å²) < 4.78 is 1.77. The number of likely N-dealkylation sites (tertiary alicyclic amines) is 1. The number of aromatic nitrogens is 2. The highest BCUT2D eigenvalue weighted by Crippen LogP contribution is 2.34. The SMILES string of the molecule is CC(C)CN1CC[C@@H]2[C@H]1CCC(=O)N2c1cnn(C)c1. The summed E-state index contributed by atoms with van der Waals surface area (Å²) in [6.45, 7) is 6.77. The van der Waals surface area contributed by atoms with Crippen molar-refractivity contribution >= 4 is 11.6 Å².